The first-order valence-electron chi connectivity index (χ1n) is 6.06. The van der Waals surface area contributed by atoms with Crippen molar-refractivity contribution in [2.45, 2.75) is 13.0 Å². The van der Waals surface area contributed by atoms with Crippen molar-refractivity contribution in [2.24, 2.45) is 5.73 Å². The fraction of sp³-hybridized carbons (Fsp3) is 0.538. The van der Waals surface area contributed by atoms with Gasteiger partial charge in [0.2, 0.25) is 5.91 Å². The maximum absolute atomic E-state index is 11.9. The lowest BCUT2D eigenvalue weighted by Crippen LogP contribution is -2.36. The molecule has 0 aliphatic rings. The Morgan fingerprint density at radius 3 is 2.42 bits per heavy atom. The van der Waals surface area contributed by atoms with Crippen LogP contribution in [0.1, 0.15) is 6.92 Å². The molecular weight excluding hydrogens is 264 g/mol. The van der Waals surface area contributed by atoms with E-state index < -0.39 is 12.0 Å². The Morgan fingerprint density at radius 1 is 1.37 bits per heavy atom. The third-order valence-corrected chi connectivity index (χ3v) is 3.21. The second kappa shape index (κ2) is 10.6. The summed E-state index contributed by atoms with van der Waals surface area (Å²) in [6.45, 7) is 10.2. The Morgan fingerprint density at radius 2 is 1.95 bits per heavy atom. The van der Waals surface area contributed by atoms with Gasteiger partial charge in [0.1, 0.15) is 6.04 Å². The van der Waals surface area contributed by atoms with E-state index in [9.17, 15) is 9.59 Å². The van der Waals surface area contributed by atoms with Crippen molar-refractivity contribution < 1.29 is 14.3 Å². The van der Waals surface area contributed by atoms with Gasteiger partial charge in [-0.05, 0) is 6.92 Å². The van der Waals surface area contributed by atoms with Crippen LogP contribution in [0.3, 0.4) is 0 Å². The molecule has 0 heterocycles. The molecule has 0 spiro atoms. The number of carbonyl (C=O) groups excluding carboxylic acids is 2. The summed E-state index contributed by atoms with van der Waals surface area (Å²) < 4.78 is 4.79. The van der Waals surface area contributed by atoms with Crippen LogP contribution in [-0.4, -0.2) is 54.0 Å². The number of carbonyl (C=O) groups is 2. The molecule has 0 aromatic carbocycles. The molecule has 1 amide bonds. The second-order valence-corrected chi connectivity index (χ2v) is 4.78. The van der Waals surface area contributed by atoms with Crippen LogP contribution in [0, 0.1) is 0 Å². The number of hydrogen-bond donors (Lipinski definition) is 1. The van der Waals surface area contributed by atoms with E-state index in [0.29, 0.717) is 25.4 Å². The standard InChI is InChI=1S/C13H22N2O3S/c1-4-7-15(8-5-2)12(16)10-19-9-11(14)13(17)18-6-3/h4-5,11H,1-2,6-10,14H2,3H3. The third-order valence-electron chi connectivity index (χ3n) is 2.16. The van der Waals surface area contributed by atoms with E-state index in [0.717, 1.165) is 0 Å². The number of nitrogens with two attached hydrogens (primary N) is 1. The van der Waals surface area contributed by atoms with Gasteiger partial charge in [0, 0.05) is 18.8 Å². The average Bonchev–Trinajstić information content (AvgIpc) is 2.38. The molecule has 0 fully saturated rings. The molecule has 0 saturated heterocycles. The van der Waals surface area contributed by atoms with Crippen LogP contribution in [-0.2, 0) is 14.3 Å². The Bertz CT molecular complexity index is 311. The minimum Gasteiger partial charge on any atom is -0.465 e. The summed E-state index contributed by atoms with van der Waals surface area (Å²) in [4.78, 5) is 24.8. The highest BCUT2D eigenvalue weighted by atomic mass is 32.2. The Balaban J connectivity index is 4.03. The normalized spacial score (nSPS) is 11.5. The van der Waals surface area contributed by atoms with E-state index in [4.69, 9.17) is 10.5 Å². The third kappa shape index (κ3) is 7.69. The Labute approximate surface area is 118 Å². The number of amides is 1. The van der Waals surface area contributed by atoms with Gasteiger partial charge in [-0.1, -0.05) is 12.2 Å². The summed E-state index contributed by atoms with van der Waals surface area (Å²) in [6, 6.07) is -0.690. The quantitative estimate of drug-likeness (QED) is 0.475. The van der Waals surface area contributed by atoms with Crippen molar-refractivity contribution >= 4 is 23.6 Å². The predicted octanol–water partition coefficient (Wildman–Crippen LogP) is 0.811. The topological polar surface area (TPSA) is 72.6 Å². The van der Waals surface area contributed by atoms with Gasteiger partial charge in [-0.15, -0.1) is 24.9 Å². The van der Waals surface area contributed by atoms with Crippen LogP contribution in [0.5, 0.6) is 0 Å². The van der Waals surface area contributed by atoms with E-state index >= 15 is 0 Å². The SMILES string of the molecule is C=CCN(CC=C)C(=O)CSCC(N)C(=O)OCC. The van der Waals surface area contributed by atoms with Crippen molar-refractivity contribution in [3.05, 3.63) is 25.3 Å². The molecule has 0 aromatic rings. The summed E-state index contributed by atoms with van der Waals surface area (Å²) in [5.74, 6) is 0.174. The van der Waals surface area contributed by atoms with Crippen LogP contribution >= 0.6 is 11.8 Å². The predicted molar refractivity (Wildman–Crippen MR) is 78.9 cm³/mol. The van der Waals surface area contributed by atoms with Gasteiger partial charge in [0.15, 0.2) is 0 Å². The molecule has 1 unspecified atom stereocenters. The van der Waals surface area contributed by atoms with Gasteiger partial charge < -0.3 is 15.4 Å². The van der Waals surface area contributed by atoms with Crippen molar-refractivity contribution in [1.29, 1.82) is 0 Å². The Kier molecular flexibility index (Phi) is 9.92. The zero-order valence-corrected chi connectivity index (χ0v) is 12.2. The van der Waals surface area contributed by atoms with Gasteiger partial charge in [-0.25, -0.2) is 0 Å². The summed E-state index contributed by atoms with van der Waals surface area (Å²) in [5, 5.41) is 0. The molecule has 0 radical (unpaired) electrons. The number of thioether (sulfide) groups is 1. The molecule has 6 heteroatoms. The van der Waals surface area contributed by atoms with Gasteiger partial charge in [0.05, 0.1) is 12.4 Å². The average molecular weight is 286 g/mol. The van der Waals surface area contributed by atoms with Crippen molar-refractivity contribution in [3.63, 3.8) is 0 Å². The first-order chi connectivity index (χ1) is 9.06. The molecule has 2 N–H and O–H groups in total. The molecule has 0 aromatic heterocycles. The summed E-state index contributed by atoms with van der Waals surface area (Å²) in [5.41, 5.74) is 5.63. The molecule has 0 rings (SSSR count). The zero-order chi connectivity index (χ0) is 14.7. The molecule has 0 aliphatic carbocycles. The second-order valence-electron chi connectivity index (χ2n) is 3.75. The highest BCUT2D eigenvalue weighted by Gasteiger charge is 2.16. The lowest BCUT2D eigenvalue weighted by Gasteiger charge is -2.19. The van der Waals surface area contributed by atoms with Crippen LogP contribution in [0.15, 0.2) is 25.3 Å². The first-order valence-corrected chi connectivity index (χ1v) is 7.21. The maximum Gasteiger partial charge on any atom is 0.323 e. The molecule has 5 nitrogen and oxygen atoms in total. The largest absolute Gasteiger partial charge is 0.465 e. The molecule has 108 valence electrons. The maximum atomic E-state index is 11.9. The summed E-state index contributed by atoms with van der Waals surface area (Å²) in [6.07, 6.45) is 3.33. The van der Waals surface area contributed by atoms with Crippen LogP contribution in [0.2, 0.25) is 0 Å². The smallest absolute Gasteiger partial charge is 0.323 e. The summed E-state index contributed by atoms with van der Waals surface area (Å²) in [7, 11) is 0. The van der Waals surface area contributed by atoms with Gasteiger partial charge in [-0.2, -0.15) is 0 Å². The Hall–Kier alpha value is -1.27. The fourth-order valence-corrected chi connectivity index (χ4v) is 2.14. The number of hydrogen-bond acceptors (Lipinski definition) is 5. The van der Waals surface area contributed by atoms with Crippen molar-refractivity contribution in [2.75, 3.05) is 31.2 Å². The lowest BCUT2D eigenvalue weighted by atomic mass is 10.4. The first kappa shape index (κ1) is 17.7. The van der Waals surface area contributed by atoms with E-state index in [2.05, 4.69) is 13.2 Å². The van der Waals surface area contributed by atoms with E-state index in [-0.39, 0.29) is 11.7 Å². The number of nitrogens with zero attached hydrogens (tertiary/aromatic N) is 1. The molecule has 19 heavy (non-hydrogen) atoms. The monoisotopic (exact) mass is 286 g/mol. The lowest BCUT2D eigenvalue weighted by molar-refractivity contribution is -0.144. The van der Waals surface area contributed by atoms with Crippen LogP contribution in [0.25, 0.3) is 0 Å². The van der Waals surface area contributed by atoms with Crippen molar-refractivity contribution in [3.8, 4) is 0 Å². The minimum atomic E-state index is -0.690. The van der Waals surface area contributed by atoms with Gasteiger partial charge >= 0.3 is 5.97 Å². The van der Waals surface area contributed by atoms with Gasteiger partial charge in [0.25, 0.3) is 0 Å². The number of ether oxygens (including phenoxy) is 1. The minimum absolute atomic E-state index is 0.0270. The fourth-order valence-electron chi connectivity index (χ4n) is 1.27. The number of rotatable bonds is 10. The van der Waals surface area contributed by atoms with E-state index in [1.807, 2.05) is 0 Å². The molecule has 0 saturated carbocycles. The van der Waals surface area contributed by atoms with Gasteiger partial charge in [-0.3, -0.25) is 9.59 Å². The zero-order valence-electron chi connectivity index (χ0n) is 11.3. The summed E-state index contributed by atoms with van der Waals surface area (Å²) >= 11 is 1.32. The van der Waals surface area contributed by atoms with Crippen LogP contribution in [0.4, 0.5) is 0 Å². The molecule has 0 bridgehead atoms. The highest BCUT2D eigenvalue weighted by molar-refractivity contribution is 8.00. The molecular formula is C13H22N2O3S. The van der Waals surface area contributed by atoms with E-state index in [1.54, 1.807) is 24.0 Å². The molecule has 1 atom stereocenters. The van der Waals surface area contributed by atoms with Crippen LogP contribution < -0.4 is 5.73 Å². The highest BCUT2D eigenvalue weighted by Crippen LogP contribution is 2.05. The van der Waals surface area contributed by atoms with E-state index in [1.165, 1.54) is 11.8 Å². The molecule has 0 aliphatic heterocycles. The van der Waals surface area contributed by atoms with Crippen molar-refractivity contribution in [1.82, 2.24) is 4.90 Å². The number of esters is 1.